The van der Waals surface area contributed by atoms with Crippen molar-refractivity contribution in [2.24, 2.45) is 10.5 Å². The Kier molecular flexibility index (Phi) is 7.41. The molecule has 0 saturated carbocycles. The molecule has 33 heavy (non-hydrogen) atoms. The Morgan fingerprint density at radius 3 is 2.39 bits per heavy atom. The number of amides is 2. The molecule has 1 atom stereocenters. The molecular weight excluding hydrogens is 418 g/mol. The molecule has 0 saturated heterocycles. The summed E-state index contributed by atoms with van der Waals surface area (Å²) in [5, 5.41) is 6.22. The summed E-state index contributed by atoms with van der Waals surface area (Å²) in [5.41, 5.74) is 2.40. The quantitative estimate of drug-likeness (QED) is 0.630. The maximum absolute atomic E-state index is 13.3. The first kappa shape index (κ1) is 24.3. The van der Waals surface area contributed by atoms with Crippen molar-refractivity contribution in [1.82, 2.24) is 9.91 Å². The zero-order valence-corrected chi connectivity index (χ0v) is 20.3. The minimum atomic E-state index is -0.258. The van der Waals surface area contributed by atoms with Gasteiger partial charge in [-0.3, -0.25) is 9.59 Å². The molecule has 1 aliphatic rings. The van der Waals surface area contributed by atoms with Gasteiger partial charge in [0.15, 0.2) is 0 Å². The van der Waals surface area contributed by atoms with Crippen LogP contribution in [0, 0.1) is 5.41 Å². The Bertz CT molecular complexity index is 1030. The smallest absolute Gasteiger partial charge is 0.262 e. The Morgan fingerprint density at radius 1 is 1.09 bits per heavy atom. The summed E-state index contributed by atoms with van der Waals surface area (Å²) in [6.07, 6.45) is 0.911. The van der Waals surface area contributed by atoms with Gasteiger partial charge in [0.05, 0.1) is 26.0 Å². The van der Waals surface area contributed by atoms with Gasteiger partial charge in [0.25, 0.3) is 5.91 Å². The lowest BCUT2D eigenvalue weighted by molar-refractivity contribution is -0.141. The molecule has 7 heteroatoms. The van der Waals surface area contributed by atoms with Gasteiger partial charge < -0.3 is 14.4 Å². The third kappa shape index (κ3) is 5.92. The second kappa shape index (κ2) is 10.1. The fraction of sp³-hybridized carbons (Fsp3) is 0.423. The summed E-state index contributed by atoms with van der Waals surface area (Å²) in [5.74, 6) is 1.02. The maximum atomic E-state index is 13.3. The first-order valence-electron chi connectivity index (χ1n) is 11.0. The molecule has 2 amide bonds. The summed E-state index contributed by atoms with van der Waals surface area (Å²) in [4.78, 5) is 27.4. The van der Waals surface area contributed by atoms with Crippen LogP contribution in [-0.2, 0) is 9.59 Å². The van der Waals surface area contributed by atoms with Crippen LogP contribution in [0.1, 0.15) is 50.8 Å². The number of hydrogen-bond acceptors (Lipinski definition) is 5. The fourth-order valence-corrected chi connectivity index (χ4v) is 3.83. The second-order valence-electron chi connectivity index (χ2n) is 9.47. The molecule has 1 aliphatic heterocycles. The number of methoxy groups -OCH3 is 2. The summed E-state index contributed by atoms with van der Waals surface area (Å²) < 4.78 is 10.9. The van der Waals surface area contributed by atoms with Crippen molar-refractivity contribution in [2.45, 2.75) is 39.7 Å². The lowest BCUT2D eigenvalue weighted by atomic mass is 9.92. The van der Waals surface area contributed by atoms with Crippen LogP contribution < -0.4 is 9.47 Å². The number of carbonyl (C=O) groups is 2. The highest BCUT2D eigenvalue weighted by atomic mass is 16.5. The van der Waals surface area contributed by atoms with Crippen molar-refractivity contribution < 1.29 is 19.1 Å². The van der Waals surface area contributed by atoms with Crippen molar-refractivity contribution >= 4 is 17.5 Å². The third-order valence-corrected chi connectivity index (χ3v) is 5.55. The maximum Gasteiger partial charge on any atom is 0.262 e. The molecule has 176 valence electrons. The van der Waals surface area contributed by atoms with Crippen molar-refractivity contribution in [2.75, 3.05) is 27.8 Å². The third-order valence-electron chi connectivity index (χ3n) is 5.55. The van der Waals surface area contributed by atoms with E-state index in [1.54, 1.807) is 27.3 Å². The summed E-state index contributed by atoms with van der Waals surface area (Å²) in [7, 11) is 4.86. The summed E-state index contributed by atoms with van der Waals surface area (Å²) in [6, 6.07) is 15.1. The first-order chi connectivity index (χ1) is 15.6. The Balaban J connectivity index is 1.90. The molecule has 0 spiro atoms. The van der Waals surface area contributed by atoms with E-state index in [9.17, 15) is 9.59 Å². The van der Waals surface area contributed by atoms with Crippen LogP contribution >= 0.6 is 0 Å². The molecule has 0 aromatic heterocycles. The van der Waals surface area contributed by atoms with Gasteiger partial charge in [-0.15, -0.1) is 0 Å². The molecule has 2 aromatic carbocycles. The molecule has 0 radical (unpaired) electrons. The van der Waals surface area contributed by atoms with E-state index in [1.807, 2.05) is 63.2 Å². The van der Waals surface area contributed by atoms with Gasteiger partial charge in [0.2, 0.25) is 5.91 Å². The average Bonchev–Trinajstić information content (AvgIpc) is 3.23. The summed E-state index contributed by atoms with van der Waals surface area (Å²) in [6.45, 7) is 5.98. The number of benzene rings is 2. The van der Waals surface area contributed by atoms with E-state index in [2.05, 4.69) is 0 Å². The van der Waals surface area contributed by atoms with E-state index < -0.39 is 0 Å². The molecule has 2 aromatic rings. The zero-order chi connectivity index (χ0) is 24.2. The molecule has 0 N–H and O–H groups in total. The number of hydrogen-bond donors (Lipinski definition) is 0. The van der Waals surface area contributed by atoms with Gasteiger partial charge in [-0.1, -0.05) is 51.1 Å². The minimum absolute atomic E-state index is 0.0330. The monoisotopic (exact) mass is 451 g/mol. The van der Waals surface area contributed by atoms with Gasteiger partial charge in [0, 0.05) is 31.5 Å². The topological polar surface area (TPSA) is 71.4 Å². The highest BCUT2D eigenvalue weighted by Gasteiger charge is 2.35. The Labute approximate surface area is 196 Å². The van der Waals surface area contributed by atoms with Crippen LogP contribution in [0.4, 0.5) is 0 Å². The van der Waals surface area contributed by atoms with E-state index >= 15 is 0 Å². The number of likely N-dealkylation sites (N-methyl/N-ethyl adjacent to an activating group) is 1. The van der Waals surface area contributed by atoms with Gasteiger partial charge >= 0.3 is 0 Å². The first-order valence-corrected chi connectivity index (χ1v) is 11.0. The van der Waals surface area contributed by atoms with Crippen LogP contribution in [0.25, 0.3) is 0 Å². The lowest BCUT2D eigenvalue weighted by Crippen LogP contribution is -2.40. The molecular formula is C26H33N3O4. The van der Waals surface area contributed by atoms with Crippen molar-refractivity contribution in [3.8, 4) is 11.5 Å². The standard InChI is InChI=1S/C26H33N3O4/c1-26(2,3)16-24(30)28(4)17-25(31)29-22(18-10-8-7-9-11-18)15-21(27-29)20-13-12-19(32-5)14-23(20)33-6/h7-14,22H,15-17H2,1-6H3/t22-/m0/s1. The van der Waals surface area contributed by atoms with E-state index in [1.165, 1.54) is 9.91 Å². The van der Waals surface area contributed by atoms with E-state index in [-0.39, 0.29) is 29.8 Å². The molecule has 1 heterocycles. The van der Waals surface area contributed by atoms with Gasteiger partial charge in [-0.25, -0.2) is 5.01 Å². The van der Waals surface area contributed by atoms with Crippen molar-refractivity contribution in [3.05, 3.63) is 59.7 Å². The normalized spacial score (nSPS) is 15.8. The second-order valence-corrected chi connectivity index (χ2v) is 9.47. The van der Waals surface area contributed by atoms with E-state index in [0.717, 1.165) is 16.8 Å². The number of hydrazone groups is 1. The highest BCUT2D eigenvalue weighted by molar-refractivity contribution is 6.05. The van der Waals surface area contributed by atoms with Crippen LogP contribution in [0.2, 0.25) is 0 Å². The van der Waals surface area contributed by atoms with Crippen LogP contribution in [0.3, 0.4) is 0 Å². The van der Waals surface area contributed by atoms with Crippen LogP contribution in [0.15, 0.2) is 53.6 Å². The average molecular weight is 452 g/mol. The molecule has 7 nitrogen and oxygen atoms in total. The van der Waals surface area contributed by atoms with Gasteiger partial charge in [-0.05, 0) is 23.1 Å². The number of ether oxygens (including phenoxy) is 2. The summed E-state index contributed by atoms with van der Waals surface area (Å²) >= 11 is 0. The minimum Gasteiger partial charge on any atom is -0.497 e. The van der Waals surface area contributed by atoms with Crippen molar-refractivity contribution in [1.29, 1.82) is 0 Å². The highest BCUT2D eigenvalue weighted by Crippen LogP contribution is 2.36. The fourth-order valence-electron chi connectivity index (χ4n) is 3.83. The zero-order valence-electron chi connectivity index (χ0n) is 20.3. The van der Waals surface area contributed by atoms with E-state index in [0.29, 0.717) is 24.3 Å². The van der Waals surface area contributed by atoms with Crippen LogP contribution in [0.5, 0.6) is 11.5 Å². The molecule has 0 unspecified atom stereocenters. The molecule has 0 fully saturated rings. The van der Waals surface area contributed by atoms with Crippen LogP contribution in [-0.4, -0.2) is 55.2 Å². The predicted octanol–water partition coefficient (Wildman–Crippen LogP) is 4.28. The number of carbonyl (C=O) groups excluding carboxylic acids is 2. The van der Waals surface area contributed by atoms with E-state index in [4.69, 9.17) is 14.6 Å². The predicted molar refractivity (Wildman–Crippen MR) is 128 cm³/mol. The van der Waals surface area contributed by atoms with Crippen molar-refractivity contribution in [3.63, 3.8) is 0 Å². The molecule has 0 aliphatic carbocycles. The van der Waals surface area contributed by atoms with Gasteiger partial charge in [-0.2, -0.15) is 5.10 Å². The molecule has 0 bridgehead atoms. The lowest BCUT2D eigenvalue weighted by Gasteiger charge is -2.26. The largest absolute Gasteiger partial charge is 0.497 e. The number of rotatable bonds is 7. The SMILES string of the molecule is COc1ccc(C2=NN(C(=O)CN(C)C(=O)CC(C)(C)C)[C@H](c3ccccc3)C2)c(OC)c1. The Morgan fingerprint density at radius 2 is 1.79 bits per heavy atom. The van der Waals surface area contributed by atoms with Gasteiger partial charge in [0.1, 0.15) is 18.0 Å². The Hall–Kier alpha value is -3.35. The number of nitrogens with zero attached hydrogens (tertiary/aromatic N) is 3. The molecule has 3 rings (SSSR count).